The Morgan fingerprint density at radius 2 is 2.03 bits per heavy atom. The lowest BCUT2D eigenvalue weighted by Gasteiger charge is -2.44. The van der Waals surface area contributed by atoms with Crippen LogP contribution in [0, 0.1) is 23.7 Å². The van der Waals surface area contributed by atoms with E-state index in [4.69, 9.17) is 10.7 Å². The second-order valence-corrected chi connectivity index (χ2v) is 9.84. The molecule has 2 aliphatic heterocycles. The van der Waals surface area contributed by atoms with Gasteiger partial charge in [0.1, 0.15) is 0 Å². The first-order chi connectivity index (χ1) is 13.6. The number of rotatable bonds is 3. The van der Waals surface area contributed by atoms with E-state index in [9.17, 15) is 18.0 Å². The predicted molar refractivity (Wildman–Crippen MR) is 107 cm³/mol. The molecular formula is C21H22F3N3OS. The minimum absolute atomic E-state index is 0.0188. The largest absolute Gasteiger partial charge is 0.416 e. The Bertz CT molecular complexity index is 951. The number of allylic oxidation sites excluding steroid dienone is 1. The maximum atomic E-state index is 13.1. The minimum Gasteiger partial charge on any atom is -0.369 e. The number of fused-ring (bicyclic) bond motifs is 1. The molecule has 2 N–H and O–H groups in total. The summed E-state index contributed by atoms with van der Waals surface area (Å²) in [4.78, 5) is 19.3. The number of benzene rings is 1. The van der Waals surface area contributed by atoms with Gasteiger partial charge in [0.2, 0.25) is 5.91 Å². The third kappa shape index (κ3) is 2.90. The Kier molecular flexibility index (Phi) is 3.96. The average molecular weight is 421 g/mol. The van der Waals surface area contributed by atoms with Crippen molar-refractivity contribution in [2.24, 2.45) is 34.4 Å². The topological polar surface area (TPSA) is 58.7 Å². The molecule has 0 bridgehead atoms. The highest BCUT2D eigenvalue weighted by atomic mass is 32.2. The molecule has 0 saturated heterocycles. The quantitative estimate of drug-likeness (QED) is 0.803. The second kappa shape index (κ2) is 6.03. The third-order valence-electron chi connectivity index (χ3n) is 7.04. The molecule has 2 heterocycles. The van der Waals surface area contributed by atoms with E-state index in [2.05, 4.69) is 0 Å². The smallest absolute Gasteiger partial charge is 0.369 e. The number of guanidine groups is 1. The summed E-state index contributed by atoms with van der Waals surface area (Å²) in [6, 6.07) is 5.43. The SMILES string of the molecule is CN1C(=O)C(C2C3CC32)[C@@](C)(C2CC(c3cccc(C(F)(F)F)c3)=CS2)N=C1N. The summed E-state index contributed by atoms with van der Waals surface area (Å²) in [5, 5.41) is 1.89. The summed E-state index contributed by atoms with van der Waals surface area (Å²) in [5.41, 5.74) is 6.18. The van der Waals surface area contributed by atoms with Crippen molar-refractivity contribution in [3.05, 3.63) is 40.8 Å². The molecule has 4 unspecified atom stereocenters. The summed E-state index contributed by atoms with van der Waals surface area (Å²) >= 11 is 1.56. The molecule has 5 rings (SSSR count). The van der Waals surface area contributed by atoms with Crippen LogP contribution in [-0.4, -0.2) is 34.6 Å². The molecule has 4 aliphatic rings. The van der Waals surface area contributed by atoms with Crippen LogP contribution >= 0.6 is 11.8 Å². The van der Waals surface area contributed by atoms with Crippen LogP contribution < -0.4 is 5.73 Å². The van der Waals surface area contributed by atoms with Gasteiger partial charge in [0.25, 0.3) is 0 Å². The Morgan fingerprint density at radius 3 is 2.66 bits per heavy atom. The van der Waals surface area contributed by atoms with Crippen LogP contribution in [-0.2, 0) is 11.0 Å². The first-order valence-electron chi connectivity index (χ1n) is 9.76. The lowest BCUT2D eigenvalue weighted by Crippen LogP contribution is -2.59. The van der Waals surface area contributed by atoms with Gasteiger partial charge in [-0.05, 0) is 66.2 Å². The number of alkyl halides is 3. The fourth-order valence-corrected chi connectivity index (χ4v) is 6.31. The summed E-state index contributed by atoms with van der Waals surface area (Å²) in [5.74, 6) is 1.66. The molecule has 0 spiro atoms. The molecule has 2 fully saturated rings. The van der Waals surface area contributed by atoms with Crippen molar-refractivity contribution in [3.8, 4) is 0 Å². The molecule has 0 radical (unpaired) electrons. The highest BCUT2D eigenvalue weighted by molar-refractivity contribution is 8.03. The lowest BCUT2D eigenvalue weighted by molar-refractivity contribution is -0.137. The van der Waals surface area contributed by atoms with Gasteiger partial charge in [-0.3, -0.25) is 9.69 Å². The van der Waals surface area contributed by atoms with Crippen molar-refractivity contribution in [1.82, 2.24) is 4.90 Å². The summed E-state index contributed by atoms with van der Waals surface area (Å²) in [7, 11) is 1.66. The number of hydrogen-bond donors (Lipinski definition) is 1. The van der Waals surface area contributed by atoms with E-state index < -0.39 is 17.3 Å². The molecule has 8 heteroatoms. The number of carbonyl (C=O) groups excluding carboxylic acids is 1. The standard InChI is InChI=1S/C21H22F3N3OS/c1-20(17(16-13-8-14(13)16)18(28)27(2)19(25)26-20)15-7-11(9-29-15)10-4-3-5-12(6-10)21(22,23)24/h3-6,9,13-17H,7-8H2,1-2H3,(H2,25,26)/t13?,14?,15?,16?,17?,20-/m1/s1. The van der Waals surface area contributed by atoms with E-state index in [0.29, 0.717) is 29.7 Å². The maximum absolute atomic E-state index is 13.1. The van der Waals surface area contributed by atoms with Crippen molar-refractivity contribution in [2.45, 2.75) is 36.7 Å². The Morgan fingerprint density at radius 1 is 1.31 bits per heavy atom. The molecule has 1 aromatic rings. The monoisotopic (exact) mass is 421 g/mol. The fourth-order valence-electron chi connectivity index (χ4n) is 5.00. The van der Waals surface area contributed by atoms with Crippen LogP contribution in [0.4, 0.5) is 13.2 Å². The number of halogens is 3. The zero-order chi connectivity index (χ0) is 20.7. The van der Waals surface area contributed by atoms with Crippen LogP contribution in [0.15, 0.2) is 34.7 Å². The molecule has 29 heavy (non-hydrogen) atoms. The molecule has 1 amide bonds. The van der Waals surface area contributed by atoms with E-state index in [1.807, 2.05) is 12.3 Å². The minimum atomic E-state index is -4.37. The van der Waals surface area contributed by atoms with Crippen molar-refractivity contribution in [1.29, 1.82) is 0 Å². The molecule has 4 nitrogen and oxygen atoms in total. The first-order valence-corrected chi connectivity index (χ1v) is 10.7. The van der Waals surface area contributed by atoms with Gasteiger partial charge in [-0.2, -0.15) is 13.2 Å². The van der Waals surface area contributed by atoms with Crippen LogP contribution in [0.25, 0.3) is 5.57 Å². The van der Waals surface area contributed by atoms with Gasteiger partial charge in [-0.1, -0.05) is 12.1 Å². The van der Waals surface area contributed by atoms with Crippen molar-refractivity contribution in [3.63, 3.8) is 0 Å². The van der Waals surface area contributed by atoms with Gasteiger partial charge in [-0.15, -0.1) is 11.8 Å². The van der Waals surface area contributed by atoms with Crippen LogP contribution in [0.3, 0.4) is 0 Å². The number of thioether (sulfide) groups is 1. The van der Waals surface area contributed by atoms with Gasteiger partial charge in [0.15, 0.2) is 5.96 Å². The normalized spacial score (nSPS) is 38.4. The molecule has 1 aromatic carbocycles. The van der Waals surface area contributed by atoms with Crippen molar-refractivity contribution >= 4 is 29.2 Å². The average Bonchev–Trinajstić information content (AvgIpc) is 3.52. The Labute approximate surface area is 171 Å². The molecule has 0 aromatic heterocycles. The summed E-state index contributed by atoms with van der Waals surface area (Å²) in [6.45, 7) is 1.99. The first kappa shape index (κ1) is 19.0. The van der Waals surface area contributed by atoms with E-state index >= 15 is 0 Å². The fraction of sp³-hybridized carbons (Fsp3) is 0.524. The highest BCUT2D eigenvalue weighted by Gasteiger charge is 2.72. The number of carbonyl (C=O) groups is 1. The number of nitrogens with zero attached hydrogens (tertiary/aromatic N) is 2. The zero-order valence-electron chi connectivity index (χ0n) is 16.1. The van der Waals surface area contributed by atoms with Gasteiger partial charge in [0, 0.05) is 12.3 Å². The Balaban J connectivity index is 1.43. The van der Waals surface area contributed by atoms with Gasteiger partial charge in [-0.25, -0.2) is 4.99 Å². The highest BCUT2D eigenvalue weighted by Crippen LogP contribution is 2.73. The van der Waals surface area contributed by atoms with E-state index in [0.717, 1.165) is 11.6 Å². The summed E-state index contributed by atoms with van der Waals surface area (Å²) in [6.07, 6.45) is -2.61. The number of hydrogen-bond acceptors (Lipinski definition) is 4. The number of amides is 1. The van der Waals surface area contributed by atoms with E-state index in [1.54, 1.807) is 24.9 Å². The Hall–Kier alpha value is -1.96. The van der Waals surface area contributed by atoms with Crippen LogP contribution in [0.5, 0.6) is 0 Å². The molecule has 5 atom stereocenters. The van der Waals surface area contributed by atoms with Crippen molar-refractivity contribution < 1.29 is 18.0 Å². The van der Waals surface area contributed by atoms with Gasteiger partial charge < -0.3 is 5.73 Å². The van der Waals surface area contributed by atoms with Crippen molar-refractivity contribution in [2.75, 3.05) is 7.05 Å². The lowest BCUT2D eigenvalue weighted by atomic mass is 9.73. The zero-order valence-corrected chi connectivity index (χ0v) is 16.9. The van der Waals surface area contributed by atoms with E-state index in [-0.39, 0.29) is 23.0 Å². The van der Waals surface area contributed by atoms with Gasteiger partial charge in [0.05, 0.1) is 17.0 Å². The van der Waals surface area contributed by atoms with Gasteiger partial charge >= 0.3 is 6.18 Å². The number of aliphatic imine (C=N–C) groups is 1. The van der Waals surface area contributed by atoms with E-state index in [1.165, 1.54) is 23.5 Å². The molecular weight excluding hydrogens is 399 g/mol. The second-order valence-electron chi connectivity index (χ2n) is 8.76. The van der Waals surface area contributed by atoms with Crippen LogP contribution in [0.2, 0.25) is 0 Å². The molecule has 154 valence electrons. The third-order valence-corrected chi connectivity index (χ3v) is 8.43. The number of nitrogens with two attached hydrogens (primary N) is 1. The maximum Gasteiger partial charge on any atom is 0.416 e. The summed E-state index contributed by atoms with van der Waals surface area (Å²) < 4.78 is 39.3. The molecule has 2 saturated carbocycles. The van der Waals surface area contributed by atoms with Crippen LogP contribution in [0.1, 0.15) is 30.9 Å². The predicted octanol–water partition coefficient (Wildman–Crippen LogP) is 3.98. The molecule has 2 aliphatic carbocycles.